The molecule has 1 aliphatic carbocycles. The van der Waals surface area contributed by atoms with E-state index >= 15 is 0 Å². The van der Waals surface area contributed by atoms with Gasteiger partial charge in [-0.3, -0.25) is 4.79 Å². The van der Waals surface area contributed by atoms with Gasteiger partial charge in [-0.2, -0.15) is 0 Å². The fourth-order valence-corrected chi connectivity index (χ4v) is 2.57. The third-order valence-corrected chi connectivity index (χ3v) is 3.52. The molecule has 0 radical (unpaired) electrons. The number of ketones is 1. The Kier molecular flexibility index (Phi) is 3.48. The summed E-state index contributed by atoms with van der Waals surface area (Å²) in [4.78, 5) is 23.8. The number of carbonyl (C=O) groups is 2. The van der Waals surface area contributed by atoms with E-state index in [9.17, 15) is 14.7 Å². The highest BCUT2D eigenvalue weighted by Gasteiger charge is 2.51. The van der Waals surface area contributed by atoms with Crippen molar-refractivity contribution in [3.05, 3.63) is 35.9 Å². The molecule has 1 aliphatic rings. The third-order valence-electron chi connectivity index (χ3n) is 3.52. The number of ether oxygens (including phenoxy) is 1. The van der Waals surface area contributed by atoms with E-state index in [4.69, 9.17) is 0 Å². The van der Waals surface area contributed by atoms with Crippen molar-refractivity contribution in [2.45, 2.75) is 24.9 Å². The largest absolute Gasteiger partial charge is 0.467 e. The second kappa shape index (κ2) is 4.90. The first kappa shape index (κ1) is 12.8. The van der Waals surface area contributed by atoms with E-state index in [2.05, 4.69) is 4.74 Å². The summed E-state index contributed by atoms with van der Waals surface area (Å²) in [5.74, 6) is -1.55. The predicted octanol–water partition coefficient (Wildman–Crippen LogP) is 1.42. The van der Waals surface area contributed by atoms with Crippen molar-refractivity contribution >= 4 is 11.8 Å². The number of carbonyl (C=O) groups excluding carboxylic acids is 2. The molecular formula is C14H16O4. The van der Waals surface area contributed by atoms with Crippen LogP contribution < -0.4 is 0 Å². The van der Waals surface area contributed by atoms with Gasteiger partial charge in [-0.05, 0) is 18.4 Å². The molecule has 1 fully saturated rings. The first-order valence-electron chi connectivity index (χ1n) is 5.99. The van der Waals surface area contributed by atoms with Crippen molar-refractivity contribution in [3.8, 4) is 0 Å². The van der Waals surface area contributed by atoms with E-state index in [1.165, 1.54) is 7.11 Å². The van der Waals surface area contributed by atoms with Crippen molar-refractivity contribution < 1.29 is 19.4 Å². The summed E-state index contributed by atoms with van der Waals surface area (Å²) in [6.07, 6.45) is 1.63. The van der Waals surface area contributed by atoms with Crippen LogP contribution in [0, 0.1) is 5.92 Å². The van der Waals surface area contributed by atoms with Gasteiger partial charge in [0.05, 0.1) is 13.0 Å². The highest BCUT2D eigenvalue weighted by molar-refractivity contribution is 5.92. The third kappa shape index (κ3) is 1.93. The second-order valence-electron chi connectivity index (χ2n) is 4.54. The van der Waals surface area contributed by atoms with Crippen LogP contribution in [0.25, 0.3) is 0 Å². The molecule has 2 rings (SSSR count). The Bertz CT molecular complexity index is 454. The SMILES string of the molecule is COC(=O)[C@](O)(c1ccccc1)[C@H]1CCCC1=O. The van der Waals surface area contributed by atoms with Gasteiger partial charge in [0, 0.05) is 6.42 Å². The maximum atomic E-state index is 11.9. The molecular weight excluding hydrogens is 232 g/mol. The van der Waals surface area contributed by atoms with Crippen LogP contribution in [0.5, 0.6) is 0 Å². The van der Waals surface area contributed by atoms with E-state index in [1.54, 1.807) is 30.3 Å². The molecule has 0 amide bonds. The predicted molar refractivity (Wildman–Crippen MR) is 64.7 cm³/mol. The number of hydrogen-bond donors (Lipinski definition) is 1. The molecule has 4 nitrogen and oxygen atoms in total. The lowest BCUT2D eigenvalue weighted by molar-refractivity contribution is -0.172. The normalized spacial score (nSPS) is 22.6. The lowest BCUT2D eigenvalue weighted by Crippen LogP contribution is -2.45. The molecule has 1 aromatic carbocycles. The van der Waals surface area contributed by atoms with Gasteiger partial charge in [0.15, 0.2) is 5.60 Å². The molecule has 0 aromatic heterocycles. The van der Waals surface area contributed by atoms with Crippen molar-refractivity contribution in [3.63, 3.8) is 0 Å². The molecule has 18 heavy (non-hydrogen) atoms. The average molecular weight is 248 g/mol. The minimum absolute atomic E-state index is 0.0771. The number of aliphatic hydroxyl groups is 1. The Morgan fingerprint density at radius 3 is 2.56 bits per heavy atom. The van der Waals surface area contributed by atoms with Crippen LogP contribution in [0.3, 0.4) is 0 Å². The van der Waals surface area contributed by atoms with Gasteiger partial charge in [0.2, 0.25) is 0 Å². The molecule has 4 heteroatoms. The zero-order chi connectivity index (χ0) is 13.2. The Hall–Kier alpha value is -1.68. The van der Waals surface area contributed by atoms with Gasteiger partial charge in [-0.25, -0.2) is 4.79 Å². The lowest BCUT2D eigenvalue weighted by atomic mass is 9.79. The molecule has 2 atom stereocenters. The molecule has 1 saturated carbocycles. The summed E-state index contributed by atoms with van der Waals surface area (Å²) < 4.78 is 4.69. The quantitative estimate of drug-likeness (QED) is 0.822. The summed E-state index contributed by atoms with van der Waals surface area (Å²) in [6.45, 7) is 0. The molecule has 0 bridgehead atoms. The van der Waals surface area contributed by atoms with Crippen LogP contribution in [0.1, 0.15) is 24.8 Å². The van der Waals surface area contributed by atoms with Crippen LogP contribution in [-0.2, 0) is 19.9 Å². The zero-order valence-corrected chi connectivity index (χ0v) is 10.3. The number of rotatable bonds is 3. The van der Waals surface area contributed by atoms with Crippen molar-refractivity contribution in [1.29, 1.82) is 0 Å². The fourth-order valence-electron chi connectivity index (χ4n) is 2.57. The highest BCUT2D eigenvalue weighted by atomic mass is 16.5. The molecule has 0 saturated heterocycles. The van der Waals surface area contributed by atoms with Gasteiger partial charge in [-0.1, -0.05) is 30.3 Å². The lowest BCUT2D eigenvalue weighted by Gasteiger charge is -2.30. The molecule has 1 aromatic rings. The summed E-state index contributed by atoms with van der Waals surface area (Å²) in [7, 11) is 1.22. The van der Waals surface area contributed by atoms with Gasteiger partial charge < -0.3 is 9.84 Å². The number of hydrogen-bond acceptors (Lipinski definition) is 4. The van der Waals surface area contributed by atoms with Crippen LogP contribution >= 0.6 is 0 Å². The van der Waals surface area contributed by atoms with E-state index in [0.717, 1.165) is 0 Å². The molecule has 0 aliphatic heterocycles. The average Bonchev–Trinajstić information content (AvgIpc) is 2.84. The smallest absolute Gasteiger partial charge is 0.343 e. The van der Waals surface area contributed by atoms with Crippen molar-refractivity contribution in [2.75, 3.05) is 7.11 Å². The van der Waals surface area contributed by atoms with Crippen LogP contribution in [0.15, 0.2) is 30.3 Å². The summed E-state index contributed by atoms with van der Waals surface area (Å²) in [5.41, 5.74) is -1.44. The van der Waals surface area contributed by atoms with Crippen molar-refractivity contribution in [1.82, 2.24) is 0 Å². The Morgan fingerprint density at radius 2 is 2.06 bits per heavy atom. The Morgan fingerprint density at radius 1 is 1.39 bits per heavy atom. The minimum Gasteiger partial charge on any atom is -0.467 e. The maximum Gasteiger partial charge on any atom is 0.343 e. The van der Waals surface area contributed by atoms with E-state index in [-0.39, 0.29) is 5.78 Å². The van der Waals surface area contributed by atoms with E-state index in [0.29, 0.717) is 24.8 Å². The molecule has 1 N–H and O–H groups in total. The maximum absolute atomic E-state index is 11.9. The van der Waals surface area contributed by atoms with Crippen molar-refractivity contribution in [2.24, 2.45) is 5.92 Å². The van der Waals surface area contributed by atoms with E-state index in [1.807, 2.05) is 0 Å². The highest BCUT2D eigenvalue weighted by Crippen LogP contribution is 2.39. The standard InChI is InChI=1S/C14H16O4/c1-18-13(16)14(17,10-6-3-2-4-7-10)11-8-5-9-12(11)15/h2-4,6-7,11,17H,5,8-9H2,1H3/t11-,14-/m0/s1. The van der Waals surface area contributed by atoms with Gasteiger partial charge in [-0.15, -0.1) is 0 Å². The minimum atomic E-state index is -1.86. The number of Topliss-reactive ketones (excluding diaryl/α,β-unsaturated/α-hetero) is 1. The molecule has 96 valence electrons. The monoisotopic (exact) mass is 248 g/mol. The Balaban J connectivity index is 2.47. The number of benzene rings is 1. The Labute approximate surface area is 106 Å². The second-order valence-corrected chi connectivity index (χ2v) is 4.54. The van der Waals surface area contributed by atoms with Gasteiger partial charge >= 0.3 is 5.97 Å². The van der Waals surface area contributed by atoms with Gasteiger partial charge in [0.25, 0.3) is 0 Å². The first-order valence-corrected chi connectivity index (χ1v) is 5.99. The summed E-state index contributed by atoms with van der Waals surface area (Å²) >= 11 is 0. The number of methoxy groups -OCH3 is 1. The first-order chi connectivity index (χ1) is 8.60. The van der Waals surface area contributed by atoms with Crippen LogP contribution in [-0.4, -0.2) is 24.0 Å². The van der Waals surface area contributed by atoms with Crippen LogP contribution in [0.4, 0.5) is 0 Å². The molecule has 0 unspecified atom stereocenters. The topological polar surface area (TPSA) is 63.6 Å². The number of esters is 1. The summed E-state index contributed by atoms with van der Waals surface area (Å²) in [6, 6.07) is 8.52. The zero-order valence-electron chi connectivity index (χ0n) is 10.3. The van der Waals surface area contributed by atoms with E-state index < -0.39 is 17.5 Å². The molecule has 0 heterocycles. The van der Waals surface area contributed by atoms with Gasteiger partial charge in [0.1, 0.15) is 5.78 Å². The fraction of sp³-hybridized carbons (Fsp3) is 0.429. The van der Waals surface area contributed by atoms with Crippen LogP contribution in [0.2, 0.25) is 0 Å². The summed E-state index contributed by atoms with van der Waals surface area (Å²) in [5, 5.41) is 10.7. The molecule has 0 spiro atoms.